The van der Waals surface area contributed by atoms with Crippen molar-refractivity contribution < 1.29 is 14.3 Å². The zero-order valence-corrected chi connectivity index (χ0v) is 14.6. The number of likely N-dealkylation sites (tertiary alicyclic amines) is 1. The molecular weight excluding hydrogens is 328 g/mol. The Hall–Kier alpha value is -2.82. The van der Waals surface area contributed by atoms with E-state index < -0.39 is 0 Å². The van der Waals surface area contributed by atoms with E-state index in [2.05, 4.69) is 5.32 Å². The standard InChI is InChI=1S/C21H22N2O3/c24-20-12-15(14-23(20)16-10-11-16)13-22-21(25)18-8-4-5-9-19(18)26-17-6-2-1-3-7-17/h1-9,15-16H,10-14H2,(H,22,25)/t15-/m0/s1. The van der Waals surface area contributed by atoms with Gasteiger partial charge in [0, 0.05) is 31.5 Å². The van der Waals surface area contributed by atoms with E-state index in [4.69, 9.17) is 4.74 Å². The van der Waals surface area contributed by atoms with Gasteiger partial charge >= 0.3 is 0 Å². The first-order chi connectivity index (χ1) is 12.7. The monoisotopic (exact) mass is 350 g/mol. The minimum absolute atomic E-state index is 0.172. The summed E-state index contributed by atoms with van der Waals surface area (Å²) in [5.74, 6) is 1.45. The number of benzene rings is 2. The van der Waals surface area contributed by atoms with E-state index in [1.165, 1.54) is 0 Å². The molecule has 1 aliphatic heterocycles. The van der Waals surface area contributed by atoms with Crippen LogP contribution < -0.4 is 10.1 Å². The van der Waals surface area contributed by atoms with Crippen LogP contribution in [0.5, 0.6) is 11.5 Å². The molecule has 1 atom stereocenters. The molecule has 2 aliphatic rings. The summed E-state index contributed by atoms with van der Waals surface area (Å²) >= 11 is 0. The zero-order chi connectivity index (χ0) is 17.9. The van der Waals surface area contributed by atoms with Crippen LogP contribution in [0.1, 0.15) is 29.6 Å². The molecule has 0 radical (unpaired) electrons. The van der Waals surface area contributed by atoms with Gasteiger partial charge in [0.15, 0.2) is 0 Å². The van der Waals surface area contributed by atoms with Gasteiger partial charge in [0.2, 0.25) is 5.91 Å². The highest BCUT2D eigenvalue weighted by atomic mass is 16.5. The van der Waals surface area contributed by atoms with Gasteiger partial charge in [-0.3, -0.25) is 9.59 Å². The molecule has 1 aliphatic carbocycles. The van der Waals surface area contributed by atoms with Crippen LogP contribution in [0.4, 0.5) is 0 Å². The minimum Gasteiger partial charge on any atom is -0.457 e. The number of para-hydroxylation sites is 2. The molecule has 0 spiro atoms. The number of ether oxygens (including phenoxy) is 1. The lowest BCUT2D eigenvalue weighted by atomic mass is 10.1. The zero-order valence-electron chi connectivity index (χ0n) is 14.6. The number of nitrogens with zero attached hydrogens (tertiary/aromatic N) is 1. The number of carbonyl (C=O) groups is 2. The number of hydrogen-bond donors (Lipinski definition) is 1. The Morgan fingerprint density at radius 1 is 1.08 bits per heavy atom. The van der Waals surface area contributed by atoms with E-state index in [1.54, 1.807) is 12.1 Å². The van der Waals surface area contributed by atoms with Crippen LogP contribution in [0.3, 0.4) is 0 Å². The van der Waals surface area contributed by atoms with Crippen molar-refractivity contribution in [1.82, 2.24) is 10.2 Å². The van der Waals surface area contributed by atoms with Gasteiger partial charge in [-0.2, -0.15) is 0 Å². The van der Waals surface area contributed by atoms with Crippen LogP contribution in [0, 0.1) is 5.92 Å². The molecular formula is C21H22N2O3. The summed E-state index contributed by atoms with van der Waals surface area (Å²) in [4.78, 5) is 26.6. The summed E-state index contributed by atoms with van der Waals surface area (Å²) in [6, 6.07) is 17.1. The Morgan fingerprint density at radius 2 is 1.81 bits per heavy atom. The molecule has 134 valence electrons. The fraction of sp³-hybridized carbons (Fsp3) is 0.333. The number of rotatable bonds is 6. The van der Waals surface area contributed by atoms with Crippen LogP contribution in [0.2, 0.25) is 0 Å². The number of nitrogens with one attached hydrogen (secondary N) is 1. The van der Waals surface area contributed by atoms with Gasteiger partial charge in [-0.1, -0.05) is 30.3 Å². The number of hydrogen-bond acceptors (Lipinski definition) is 3. The molecule has 2 fully saturated rings. The number of carbonyl (C=O) groups excluding carboxylic acids is 2. The first kappa shape index (κ1) is 16.6. The maximum absolute atomic E-state index is 12.6. The Labute approximate surface area is 153 Å². The van der Waals surface area contributed by atoms with Crippen molar-refractivity contribution in [3.05, 3.63) is 60.2 Å². The van der Waals surface area contributed by atoms with Gasteiger partial charge < -0.3 is 15.0 Å². The summed E-state index contributed by atoms with van der Waals surface area (Å²) in [6.45, 7) is 1.26. The van der Waals surface area contributed by atoms with Crippen molar-refractivity contribution in [1.29, 1.82) is 0 Å². The molecule has 2 amide bonds. The molecule has 1 N–H and O–H groups in total. The third-order valence-electron chi connectivity index (χ3n) is 4.88. The molecule has 2 aromatic carbocycles. The highest BCUT2D eigenvalue weighted by Crippen LogP contribution is 2.32. The third kappa shape index (κ3) is 3.72. The molecule has 5 nitrogen and oxygen atoms in total. The Balaban J connectivity index is 1.38. The van der Waals surface area contributed by atoms with E-state index in [9.17, 15) is 9.59 Å². The molecule has 5 heteroatoms. The lowest BCUT2D eigenvalue weighted by Gasteiger charge is -2.16. The molecule has 1 heterocycles. The molecule has 0 unspecified atom stereocenters. The quantitative estimate of drug-likeness (QED) is 0.870. The highest BCUT2D eigenvalue weighted by molar-refractivity contribution is 5.97. The molecule has 2 aromatic rings. The predicted molar refractivity (Wildman–Crippen MR) is 98.1 cm³/mol. The third-order valence-corrected chi connectivity index (χ3v) is 4.88. The molecule has 4 rings (SSSR count). The van der Waals surface area contributed by atoms with E-state index in [0.717, 1.165) is 19.4 Å². The number of amides is 2. The minimum atomic E-state index is -0.172. The fourth-order valence-corrected chi connectivity index (χ4v) is 3.38. The van der Waals surface area contributed by atoms with Crippen molar-refractivity contribution in [2.45, 2.75) is 25.3 Å². The van der Waals surface area contributed by atoms with Gasteiger partial charge in [-0.25, -0.2) is 0 Å². The summed E-state index contributed by atoms with van der Waals surface area (Å²) < 4.78 is 5.85. The van der Waals surface area contributed by atoms with Crippen LogP contribution in [0.15, 0.2) is 54.6 Å². The van der Waals surface area contributed by atoms with Crippen molar-refractivity contribution in [2.75, 3.05) is 13.1 Å². The Kier molecular flexibility index (Phi) is 4.61. The van der Waals surface area contributed by atoms with Crippen molar-refractivity contribution in [2.24, 2.45) is 5.92 Å². The van der Waals surface area contributed by atoms with E-state index in [1.807, 2.05) is 47.4 Å². The van der Waals surface area contributed by atoms with Crippen molar-refractivity contribution in [3.63, 3.8) is 0 Å². The lowest BCUT2D eigenvalue weighted by molar-refractivity contribution is -0.128. The van der Waals surface area contributed by atoms with Crippen molar-refractivity contribution >= 4 is 11.8 Å². The normalized spacial score (nSPS) is 19.5. The van der Waals surface area contributed by atoms with Gasteiger partial charge in [-0.15, -0.1) is 0 Å². The average molecular weight is 350 g/mol. The van der Waals surface area contributed by atoms with Crippen LogP contribution in [-0.4, -0.2) is 35.8 Å². The Morgan fingerprint density at radius 3 is 2.58 bits per heavy atom. The fourth-order valence-electron chi connectivity index (χ4n) is 3.38. The second-order valence-corrected chi connectivity index (χ2v) is 6.97. The maximum Gasteiger partial charge on any atom is 0.255 e. The molecule has 0 bridgehead atoms. The molecule has 1 saturated heterocycles. The van der Waals surface area contributed by atoms with Crippen LogP contribution >= 0.6 is 0 Å². The topological polar surface area (TPSA) is 58.6 Å². The second kappa shape index (κ2) is 7.20. The second-order valence-electron chi connectivity index (χ2n) is 6.97. The van der Waals surface area contributed by atoms with Gasteiger partial charge in [0.25, 0.3) is 5.91 Å². The van der Waals surface area contributed by atoms with Crippen molar-refractivity contribution in [3.8, 4) is 11.5 Å². The smallest absolute Gasteiger partial charge is 0.255 e. The first-order valence-electron chi connectivity index (χ1n) is 9.10. The average Bonchev–Trinajstić information content (AvgIpc) is 3.44. The molecule has 0 aromatic heterocycles. The highest BCUT2D eigenvalue weighted by Gasteiger charge is 2.39. The van der Waals surface area contributed by atoms with Gasteiger partial charge in [0.1, 0.15) is 11.5 Å². The van der Waals surface area contributed by atoms with Gasteiger partial charge in [0.05, 0.1) is 5.56 Å². The molecule has 26 heavy (non-hydrogen) atoms. The SMILES string of the molecule is O=C(NC[C@@H]1CC(=O)N(C2CC2)C1)c1ccccc1Oc1ccccc1. The summed E-state index contributed by atoms with van der Waals surface area (Å²) in [5, 5.41) is 2.97. The lowest BCUT2D eigenvalue weighted by Crippen LogP contribution is -2.32. The summed E-state index contributed by atoms with van der Waals surface area (Å²) in [5.41, 5.74) is 0.500. The summed E-state index contributed by atoms with van der Waals surface area (Å²) in [7, 11) is 0. The maximum atomic E-state index is 12.6. The van der Waals surface area contributed by atoms with Gasteiger partial charge in [-0.05, 0) is 37.1 Å². The molecule has 1 saturated carbocycles. The predicted octanol–water partition coefficient (Wildman–Crippen LogP) is 3.22. The summed E-state index contributed by atoms with van der Waals surface area (Å²) in [6.07, 6.45) is 2.77. The van der Waals surface area contributed by atoms with E-state index in [0.29, 0.717) is 36.1 Å². The van der Waals surface area contributed by atoms with E-state index in [-0.39, 0.29) is 17.7 Å². The largest absolute Gasteiger partial charge is 0.457 e. The van der Waals surface area contributed by atoms with E-state index >= 15 is 0 Å². The van der Waals surface area contributed by atoms with Crippen LogP contribution in [-0.2, 0) is 4.79 Å². The Bertz CT molecular complexity index is 802. The first-order valence-corrected chi connectivity index (χ1v) is 9.10. The van der Waals surface area contributed by atoms with Crippen LogP contribution in [0.25, 0.3) is 0 Å².